The number of hydrogen-bond donors (Lipinski definition) is 2. The van der Waals surface area contributed by atoms with E-state index in [2.05, 4.69) is 22.5 Å². The molecule has 0 spiro atoms. The van der Waals surface area contributed by atoms with Crippen LogP contribution >= 0.6 is 12.4 Å². The minimum atomic E-state index is 0. The number of amides is 1. The molecule has 0 saturated carbocycles. The van der Waals surface area contributed by atoms with E-state index in [4.69, 9.17) is 0 Å². The maximum Gasteiger partial charge on any atom is 0.231 e. The summed E-state index contributed by atoms with van der Waals surface area (Å²) in [6, 6.07) is 7.96. The normalized spacial score (nSPS) is 18.2. The number of rotatable bonds is 3. The molecule has 1 aliphatic heterocycles. The predicted octanol–water partition coefficient (Wildman–Crippen LogP) is 2.42. The average molecular weight is 309 g/mol. The molecule has 1 saturated heterocycles. The van der Waals surface area contributed by atoms with Crippen LogP contribution in [0.3, 0.4) is 0 Å². The van der Waals surface area contributed by atoms with Crippen LogP contribution in [0.1, 0.15) is 19.8 Å². The highest BCUT2D eigenvalue weighted by atomic mass is 35.5. The minimum absolute atomic E-state index is 0. The minimum Gasteiger partial charge on any atom is -0.316 e. The number of fused-ring (bicyclic) bond motifs is 1. The largest absolute Gasteiger partial charge is 0.316 e. The summed E-state index contributed by atoms with van der Waals surface area (Å²) in [5.74, 6) is 0.778. The second kappa shape index (κ2) is 6.91. The lowest BCUT2D eigenvalue weighted by Gasteiger charge is -2.21. The van der Waals surface area contributed by atoms with E-state index in [1.807, 2.05) is 28.8 Å². The van der Waals surface area contributed by atoms with Crippen molar-refractivity contribution < 1.29 is 4.79 Å². The van der Waals surface area contributed by atoms with Crippen molar-refractivity contribution in [2.75, 3.05) is 18.4 Å². The Morgan fingerprint density at radius 3 is 3.00 bits per heavy atom. The van der Waals surface area contributed by atoms with Crippen LogP contribution in [-0.2, 0) is 11.3 Å². The lowest BCUT2D eigenvalue weighted by Crippen LogP contribution is -2.37. The third-order valence-corrected chi connectivity index (χ3v) is 3.87. The SMILES string of the molecule is CCn1c(NC(=O)C2CCCNC2)nc2ccccc21.Cl. The van der Waals surface area contributed by atoms with Gasteiger partial charge in [-0.2, -0.15) is 0 Å². The van der Waals surface area contributed by atoms with E-state index in [9.17, 15) is 4.79 Å². The van der Waals surface area contributed by atoms with Crippen LogP contribution in [0.15, 0.2) is 24.3 Å². The van der Waals surface area contributed by atoms with Crippen LogP contribution < -0.4 is 10.6 Å². The zero-order valence-electron chi connectivity index (χ0n) is 12.1. The third kappa shape index (κ3) is 3.19. The van der Waals surface area contributed by atoms with E-state index in [1.54, 1.807) is 0 Å². The molecule has 21 heavy (non-hydrogen) atoms. The Morgan fingerprint density at radius 1 is 1.48 bits per heavy atom. The Bertz CT molecular complexity index is 619. The summed E-state index contributed by atoms with van der Waals surface area (Å²) < 4.78 is 2.05. The molecule has 2 aromatic rings. The first-order valence-electron chi connectivity index (χ1n) is 7.26. The average Bonchev–Trinajstić information content (AvgIpc) is 2.85. The molecule has 3 rings (SSSR count). The van der Waals surface area contributed by atoms with E-state index < -0.39 is 0 Å². The number of anilines is 1. The van der Waals surface area contributed by atoms with Crippen molar-refractivity contribution in [3.05, 3.63) is 24.3 Å². The zero-order valence-corrected chi connectivity index (χ0v) is 12.9. The summed E-state index contributed by atoms with van der Waals surface area (Å²) >= 11 is 0. The molecule has 1 aliphatic rings. The van der Waals surface area contributed by atoms with Crippen molar-refractivity contribution >= 4 is 35.3 Å². The quantitative estimate of drug-likeness (QED) is 0.915. The summed E-state index contributed by atoms with van der Waals surface area (Å²) in [7, 11) is 0. The van der Waals surface area contributed by atoms with Gasteiger partial charge in [0.1, 0.15) is 0 Å². The predicted molar refractivity (Wildman–Crippen MR) is 86.9 cm³/mol. The van der Waals surface area contributed by atoms with Crippen molar-refractivity contribution in [1.29, 1.82) is 0 Å². The number of imidazole rings is 1. The number of aryl methyl sites for hydroxylation is 1. The van der Waals surface area contributed by atoms with Crippen molar-refractivity contribution in [3.63, 3.8) is 0 Å². The molecule has 1 unspecified atom stereocenters. The zero-order chi connectivity index (χ0) is 13.9. The summed E-state index contributed by atoms with van der Waals surface area (Å²) in [5.41, 5.74) is 1.98. The number of para-hydroxylation sites is 2. The highest BCUT2D eigenvalue weighted by Gasteiger charge is 2.22. The van der Waals surface area contributed by atoms with Crippen LogP contribution in [-0.4, -0.2) is 28.5 Å². The van der Waals surface area contributed by atoms with Crippen LogP contribution in [0.25, 0.3) is 11.0 Å². The number of aromatic nitrogens is 2. The van der Waals surface area contributed by atoms with Gasteiger partial charge in [0.2, 0.25) is 11.9 Å². The highest BCUT2D eigenvalue weighted by Crippen LogP contribution is 2.20. The monoisotopic (exact) mass is 308 g/mol. The number of piperidine rings is 1. The molecule has 1 fully saturated rings. The van der Waals surface area contributed by atoms with Crippen molar-refractivity contribution in [2.45, 2.75) is 26.3 Å². The Hall–Kier alpha value is -1.59. The first kappa shape index (κ1) is 15.8. The van der Waals surface area contributed by atoms with Gasteiger partial charge in [-0.05, 0) is 38.4 Å². The van der Waals surface area contributed by atoms with Gasteiger partial charge in [-0.3, -0.25) is 10.1 Å². The molecule has 2 heterocycles. The van der Waals surface area contributed by atoms with Gasteiger partial charge in [-0.15, -0.1) is 12.4 Å². The van der Waals surface area contributed by atoms with Crippen LogP contribution in [0.2, 0.25) is 0 Å². The number of carbonyl (C=O) groups is 1. The lowest BCUT2D eigenvalue weighted by atomic mass is 9.99. The fourth-order valence-electron chi connectivity index (χ4n) is 2.78. The lowest BCUT2D eigenvalue weighted by molar-refractivity contribution is -0.120. The Labute approximate surface area is 130 Å². The molecule has 2 N–H and O–H groups in total. The van der Waals surface area contributed by atoms with Gasteiger partial charge in [0.15, 0.2) is 0 Å². The van der Waals surface area contributed by atoms with Gasteiger partial charge >= 0.3 is 0 Å². The highest BCUT2D eigenvalue weighted by molar-refractivity contribution is 5.93. The van der Waals surface area contributed by atoms with Crippen LogP contribution in [0, 0.1) is 5.92 Å². The number of nitrogens with one attached hydrogen (secondary N) is 2. The first-order valence-corrected chi connectivity index (χ1v) is 7.26. The van der Waals surface area contributed by atoms with Gasteiger partial charge in [-0.1, -0.05) is 12.1 Å². The third-order valence-electron chi connectivity index (χ3n) is 3.87. The number of halogens is 1. The van der Waals surface area contributed by atoms with E-state index in [0.29, 0.717) is 5.95 Å². The Kier molecular flexibility index (Phi) is 5.20. The number of benzene rings is 1. The second-order valence-electron chi connectivity index (χ2n) is 5.20. The molecule has 0 aliphatic carbocycles. The van der Waals surface area contributed by atoms with Crippen molar-refractivity contribution in [1.82, 2.24) is 14.9 Å². The Balaban J connectivity index is 0.00000161. The van der Waals surface area contributed by atoms with Gasteiger partial charge in [0, 0.05) is 13.1 Å². The van der Waals surface area contributed by atoms with Gasteiger partial charge in [0.05, 0.1) is 17.0 Å². The molecular weight excluding hydrogens is 288 g/mol. The van der Waals surface area contributed by atoms with Crippen molar-refractivity contribution in [3.8, 4) is 0 Å². The van der Waals surface area contributed by atoms with E-state index in [0.717, 1.165) is 43.5 Å². The van der Waals surface area contributed by atoms with Crippen LogP contribution in [0.4, 0.5) is 5.95 Å². The molecule has 0 radical (unpaired) electrons. The molecule has 5 nitrogen and oxygen atoms in total. The number of hydrogen-bond acceptors (Lipinski definition) is 3. The molecule has 114 valence electrons. The molecule has 0 bridgehead atoms. The number of nitrogens with zero attached hydrogens (tertiary/aromatic N) is 2. The first-order chi connectivity index (χ1) is 9.79. The topological polar surface area (TPSA) is 59.0 Å². The standard InChI is InChI=1S/C15H20N4O.ClH/c1-2-19-13-8-4-3-7-12(13)17-15(19)18-14(20)11-6-5-9-16-10-11;/h3-4,7-8,11,16H,2,5-6,9-10H2,1H3,(H,17,18,20);1H. The maximum atomic E-state index is 12.3. The maximum absolute atomic E-state index is 12.3. The molecule has 6 heteroatoms. The van der Waals surface area contributed by atoms with E-state index >= 15 is 0 Å². The summed E-state index contributed by atoms with van der Waals surface area (Å²) in [6.07, 6.45) is 2.01. The van der Waals surface area contributed by atoms with Gasteiger partial charge in [-0.25, -0.2) is 4.98 Å². The summed E-state index contributed by atoms with van der Waals surface area (Å²) in [5, 5.41) is 6.26. The molecule has 1 atom stereocenters. The van der Waals surface area contributed by atoms with Crippen LogP contribution in [0.5, 0.6) is 0 Å². The fourth-order valence-corrected chi connectivity index (χ4v) is 2.78. The fraction of sp³-hybridized carbons (Fsp3) is 0.467. The smallest absolute Gasteiger partial charge is 0.231 e. The van der Waals surface area contributed by atoms with E-state index in [1.165, 1.54) is 0 Å². The van der Waals surface area contributed by atoms with E-state index in [-0.39, 0.29) is 24.2 Å². The molecule has 1 aromatic carbocycles. The molecule has 1 amide bonds. The number of carbonyl (C=O) groups excluding carboxylic acids is 1. The Morgan fingerprint density at radius 2 is 2.29 bits per heavy atom. The van der Waals surface area contributed by atoms with Crippen molar-refractivity contribution in [2.24, 2.45) is 5.92 Å². The summed E-state index contributed by atoms with van der Waals surface area (Å²) in [6.45, 7) is 4.63. The summed E-state index contributed by atoms with van der Waals surface area (Å²) in [4.78, 5) is 16.8. The molecule has 1 aromatic heterocycles. The molecular formula is C15H21ClN4O. The van der Waals surface area contributed by atoms with Gasteiger partial charge < -0.3 is 9.88 Å². The van der Waals surface area contributed by atoms with Gasteiger partial charge in [0.25, 0.3) is 0 Å². The second-order valence-corrected chi connectivity index (χ2v) is 5.20.